The van der Waals surface area contributed by atoms with Gasteiger partial charge in [-0.1, -0.05) is 39.7 Å². The fraction of sp³-hybridized carbons (Fsp3) is 0.571. The van der Waals surface area contributed by atoms with Gasteiger partial charge in [-0.3, -0.25) is 10.1 Å². The van der Waals surface area contributed by atoms with Gasteiger partial charge in [-0.05, 0) is 25.0 Å². The fourth-order valence-electron chi connectivity index (χ4n) is 1.54. The Morgan fingerprint density at radius 3 is 2.50 bits per heavy atom. The number of anilines is 1. The predicted octanol–water partition coefficient (Wildman–Crippen LogP) is 4.53. The summed E-state index contributed by atoms with van der Waals surface area (Å²) in [5.74, 6) is 0. The van der Waals surface area contributed by atoms with E-state index >= 15 is 0 Å². The molecule has 1 N–H and O–H groups in total. The van der Waals surface area contributed by atoms with Crippen LogP contribution < -0.4 is 5.32 Å². The highest BCUT2D eigenvalue weighted by molar-refractivity contribution is 5.62. The topological polar surface area (TPSA) is 55.2 Å². The van der Waals surface area contributed by atoms with E-state index in [-0.39, 0.29) is 10.6 Å². The maximum absolute atomic E-state index is 10.8. The van der Waals surface area contributed by atoms with Crippen molar-refractivity contribution < 1.29 is 4.92 Å². The molecule has 0 fully saturated rings. The van der Waals surface area contributed by atoms with Crippen LogP contribution in [-0.4, -0.2) is 11.5 Å². The summed E-state index contributed by atoms with van der Waals surface area (Å²) >= 11 is 0. The molecule has 0 bridgehead atoms. The summed E-state index contributed by atoms with van der Waals surface area (Å²) < 4.78 is 0. The average Bonchev–Trinajstić information content (AvgIpc) is 2.38. The van der Waals surface area contributed by atoms with Gasteiger partial charge in [0, 0.05) is 12.6 Å². The van der Waals surface area contributed by atoms with Gasteiger partial charge in [0.25, 0.3) is 5.69 Å². The standard InChI is InChI=1S/C12H18N2O2.C2H6/c1-3-4-5-8-13-11-7-6-10(2)9-12(11)14(15)16;1-2/h6-7,9,13H,3-5,8H2,1-2H3;1-2H3. The van der Waals surface area contributed by atoms with Gasteiger partial charge in [-0.25, -0.2) is 0 Å². The van der Waals surface area contributed by atoms with E-state index in [0.29, 0.717) is 5.69 Å². The SMILES string of the molecule is CC.CCCCCNc1ccc(C)cc1[N+](=O)[O-]. The van der Waals surface area contributed by atoms with Crippen LogP contribution in [0.3, 0.4) is 0 Å². The molecule has 0 saturated heterocycles. The number of hydrogen-bond donors (Lipinski definition) is 1. The van der Waals surface area contributed by atoms with E-state index in [1.807, 2.05) is 26.8 Å². The van der Waals surface area contributed by atoms with E-state index < -0.39 is 0 Å². The van der Waals surface area contributed by atoms with Crippen molar-refractivity contribution in [1.82, 2.24) is 0 Å². The van der Waals surface area contributed by atoms with Gasteiger partial charge in [0.15, 0.2) is 0 Å². The molecule has 0 aliphatic rings. The zero-order valence-corrected chi connectivity index (χ0v) is 11.8. The predicted molar refractivity (Wildman–Crippen MR) is 77.2 cm³/mol. The van der Waals surface area contributed by atoms with Crippen LogP contribution in [0.1, 0.15) is 45.6 Å². The average molecular weight is 252 g/mol. The summed E-state index contributed by atoms with van der Waals surface area (Å²) in [6.07, 6.45) is 3.34. The Balaban J connectivity index is 0.00000137. The van der Waals surface area contributed by atoms with Crippen molar-refractivity contribution in [2.45, 2.75) is 47.0 Å². The molecule has 4 nitrogen and oxygen atoms in total. The zero-order chi connectivity index (χ0) is 14.0. The lowest BCUT2D eigenvalue weighted by molar-refractivity contribution is -0.384. The highest BCUT2D eigenvalue weighted by Crippen LogP contribution is 2.25. The van der Waals surface area contributed by atoms with Gasteiger partial charge in [-0.15, -0.1) is 0 Å². The molecular formula is C14H24N2O2. The second-order valence-electron chi connectivity index (χ2n) is 3.91. The third kappa shape index (κ3) is 5.66. The van der Waals surface area contributed by atoms with Crippen molar-refractivity contribution in [3.63, 3.8) is 0 Å². The highest BCUT2D eigenvalue weighted by atomic mass is 16.6. The molecule has 0 heterocycles. The van der Waals surface area contributed by atoms with Crippen molar-refractivity contribution >= 4 is 11.4 Å². The Morgan fingerprint density at radius 1 is 1.28 bits per heavy atom. The second kappa shape index (κ2) is 9.45. The second-order valence-corrected chi connectivity index (χ2v) is 3.91. The molecule has 0 amide bonds. The molecule has 18 heavy (non-hydrogen) atoms. The quantitative estimate of drug-likeness (QED) is 0.459. The minimum atomic E-state index is -0.338. The third-order valence-corrected chi connectivity index (χ3v) is 2.45. The van der Waals surface area contributed by atoms with Crippen LogP contribution in [0.2, 0.25) is 0 Å². The first-order chi connectivity index (χ1) is 8.65. The molecule has 102 valence electrons. The van der Waals surface area contributed by atoms with E-state index in [4.69, 9.17) is 0 Å². The summed E-state index contributed by atoms with van der Waals surface area (Å²) in [7, 11) is 0. The van der Waals surface area contributed by atoms with Crippen molar-refractivity contribution in [2.75, 3.05) is 11.9 Å². The monoisotopic (exact) mass is 252 g/mol. The molecule has 0 spiro atoms. The molecule has 0 aliphatic carbocycles. The normalized spacial score (nSPS) is 9.33. The third-order valence-electron chi connectivity index (χ3n) is 2.45. The lowest BCUT2D eigenvalue weighted by Gasteiger charge is -2.07. The van der Waals surface area contributed by atoms with Crippen LogP contribution in [0.5, 0.6) is 0 Å². The Hall–Kier alpha value is -1.58. The van der Waals surface area contributed by atoms with Gasteiger partial charge >= 0.3 is 0 Å². The Labute approximate surface area is 110 Å². The first kappa shape index (κ1) is 16.4. The van der Waals surface area contributed by atoms with Gasteiger partial charge in [0.2, 0.25) is 0 Å². The summed E-state index contributed by atoms with van der Waals surface area (Å²) in [5.41, 5.74) is 1.69. The smallest absolute Gasteiger partial charge is 0.292 e. The summed E-state index contributed by atoms with van der Waals surface area (Å²) in [6.45, 7) is 8.78. The van der Waals surface area contributed by atoms with Crippen molar-refractivity contribution in [2.24, 2.45) is 0 Å². The first-order valence-corrected chi connectivity index (χ1v) is 6.64. The number of benzene rings is 1. The fourth-order valence-corrected chi connectivity index (χ4v) is 1.54. The lowest BCUT2D eigenvalue weighted by Crippen LogP contribution is -2.04. The highest BCUT2D eigenvalue weighted by Gasteiger charge is 2.12. The van der Waals surface area contributed by atoms with Crippen LogP contribution in [0.4, 0.5) is 11.4 Å². The number of nitrogens with one attached hydrogen (secondary N) is 1. The van der Waals surface area contributed by atoms with Gasteiger partial charge in [0.1, 0.15) is 5.69 Å². The summed E-state index contributed by atoms with van der Waals surface area (Å²) in [4.78, 5) is 10.5. The van der Waals surface area contributed by atoms with Crippen LogP contribution in [-0.2, 0) is 0 Å². The molecule has 1 aromatic rings. The molecule has 4 heteroatoms. The van der Waals surface area contributed by atoms with Crippen LogP contribution in [0, 0.1) is 17.0 Å². The van der Waals surface area contributed by atoms with Crippen LogP contribution in [0.15, 0.2) is 18.2 Å². The Bertz CT molecular complexity index is 365. The molecule has 1 rings (SSSR count). The number of rotatable bonds is 6. The molecule has 0 radical (unpaired) electrons. The number of hydrogen-bond acceptors (Lipinski definition) is 3. The molecule has 0 saturated carbocycles. The van der Waals surface area contributed by atoms with Gasteiger partial charge in [0.05, 0.1) is 4.92 Å². The number of nitro benzene ring substituents is 1. The lowest BCUT2D eigenvalue weighted by atomic mass is 10.2. The Morgan fingerprint density at radius 2 is 1.94 bits per heavy atom. The molecule has 0 aromatic heterocycles. The summed E-state index contributed by atoms with van der Waals surface area (Å²) in [5, 5.41) is 13.9. The van der Waals surface area contributed by atoms with E-state index in [1.54, 1.807) is 12.1 Å². The molecule has 0 unspecified atom stereocenters. The van der Waals surface area contributed by atoms with E-state index in [1.165, 1.54) is 0 Å². The van der Waals surface area contributed by atoms with Crippen molar-refractivity contribution in [1.29, 1.82) is 0 Å². The molecule has 0 atom stereocenters. The van der Waals surface area contributed by atoms with Gasteiger partial charge in [-0.2, -0.15) is 0 Å². The van der Waals surface area contributed by atoms with Crippen molar-refractivity contribution in [3.8, 4) is 0 Å². The first-order valence-electron chi connectivity index (χ1n) is 6.64. The summed E-state index contributed by atoms with van der Waals surface area (Å²) in [6, 6.07) is 5.26. The molecule has 0 aliphatic heterocycles. The van der Waals surface area contributed by atoms with Gasteiger partial charge < -0.3 is 5.32 Å². The van der Waals surface area contributed by atoms with E-state index in [2.05, 4.69) is 12.2 Å². The minimum absolute atomic E-state index is 0.163. The number of aryl methyl sites for hydroxylation is 1. The van der Waals surface area contributed by atoms with Crippen molar-refractivity contribution in [3.05, 3.63) is 33.9 Å². The number of nitro groups is 1. The maximum atomic E-state index is 10.8. The van der Waals surface area contributed by atoms with Crippen LogP contribution in [0.25, 0.3) is 0 Å². The molecule has 1 aromatic carbocycles. The van der Waals surface area contributed by atoms with E-state index in [9.17, 15) is 10.1 Å². The Kier molecular flexibility index (Phi) is 8.62. The largest absolute Gasteiger partial charge is 0.379 e. The van der Waals surface area contributed by atoms with E-state index in [0.717, 1.165) is 31.4 Å². The minimum Gasteiger partial charge on any atom is -0.379 e. The number of nitrogens with zero attached hydrogens (tertiary/aromatic N) is 1. The maximum Gasteiger partial charge on any atom is 0.292 e. The number of unbranched alkanes of at least 4 members (excludes halogenated alkanes) is 2. The molecular weight excluding hydrogens is 228 g/mol. The zero-order valence-electron chi connectivity index (χ0n) is 11.8. The van der Waals surface area contributed by atoms with Crippen LogP contribution >= 0.6 is 0 Å².